The normalized spacial score (nSPS) is 10.9. The van der Waals surface area contributed by atoms with Gasteiger partial charge >= 0.3 is 0 Å². The van der Waals surface area contributed by atoms with E-state index in [1.165, 1.54) is 0 Å². The molecule has 0 aliphatic heterocycles. The van der Waals surface area contributed by atoms with Crippen molar-refractivity contribution in [2.45, 2.75) is 0 Å². The third kappa shape index (κ3) is 2.14. The smallest absolute Gasteiger partial charge is 0.212 e. The van der Waals surface area contributed by atoms with Crippen LogP contribution >= 0.6 is 0 Å². The molecule has 0 aliphatic carbocycles. The molecule has 0 aromatic carbocycles. The molecule has 0 radical (unpaired) electrons. The molecule has 0 fully saturated rings. The molecule has 0 atom stereocenters. The lowest BCUT2D eigenvalue weighted by molar-refractivity contribution is -0.108. The summed E-state index contributed by atoms with van der Waals surface area (Å²) in [6.45, 7) is 0.0231. The Morgan fingerprint density at radius 3 is 2.75 bits per heavy atom. The minimum atomic E-state index is 0.0231. The second-order valence-corrected chi connectivity index (χ2v) is 1.01. The zero-order chi connectivity index (χ0) is 6.41. The average Bonchev–Trinajstić information content (AvgIpc) is 1.83. The maximum atomic E-state index is 9.57. The van der Waals surface area contributed by atoms with Crippen molar-refractivity contribution in [3.05, 3.63) is 0 Å². The standard InChI is InChI=1S/C3H7N3O2/c4-1-3(6-8)5-2-7/h2,8H,1,4H2,(H,5,6,7). The van der Waals surface area contributed by atoms with E-state index >= 15 is 0 Å². The van der Waals surface area contributed by atoms with Gasteiger partial charge in [-0.25, -0.2) is 0 Å². The summed E-state index contributed by atoms with van der Waals surface area (Å²) in [5, 5.41) is 12.7. The fraction of sp³-hybridized carbons (Fsp3) is 0.333. The van der Waals surface area contributed by atoms with Crippen LogP contribution in [0.5, 0.6) is 0 Å². The molecule has 0 saturated heterocycles. The Hall–Kier alpha value is -1.10. The van der Waals surface area contributed by atoms with Crippen molar-refractivity contribution in [3.8, 4) is 0 Å². The SMILES string of the molecule is NCC(=NO)NC=O. The lowest BCUT2D eigenvalue weighted by Crippen LogP contribution is -2.29. The van der Waals surface area contributed by atoms with Crippen LogP contribution in [0.4, 0.5) is 0 Å². The number of amides is 1. The number of carbonyl (C=O) groups excluding carboxylic acids is 1. The average molecular weight is 117 g/mol. The van der Waals surface area contributed by atoms with Crippen molar-refractivity contribution in [2.24, 2.45) is 10.9 Å². The lowest BCUT2D eigenvalue weighted by Gasteiger charge is -1.93. The topological polar surface area (TPSA) is 87.7 Å². The fourth-order valence-electron chi connectivity index (χ4n) is 0.197. The van der Waals surface area contributed by atoms with E-state index in [2.05, 4.69) is 10.5 Å². The van der Waals surface area contributed by atoms with Gasteiger partial charge in [-0.3, -0.25) is 4.79 Å². The summed E-state index contributed by atoms with van der Waals surface area (Å²) >= 11 is 0. The van der Waals surface area contributed by atoms with Crippen molar-refractivity contribution in [2.75, 3.05) is 6.54 Å². The van der Waals surface area contributed by atoms with Gasteiger partial charge in [-0.1, -0.05) is 5.16 Å². The second-order valence-electron chi connectivity index (χ2n) is 1.01. The summed E-state index contributed by atoms with van der Waals surface area (Å²) < 4.78 is 0. The minimum absolute atomic E-state index is 0.0231. The van der Waals surface area contributed by atoms with Gasteiger partial charge in [0, 0.05) is 0 Å². The first-order chi connectivity index (χ1) is 3.85. The molecule has 0 spiro atoms. The van der Waals surface area contributed by atoms with Crippen LogP contribution in [0.15, 0.2) is 5.16 Å². The van der Waals surface area contributed by atoms with Crippen LogP contribution in [-0.4, -0.2) is 24.0 Å². The lowest BCUT2D eigenvalue weighted by atomic mass is 10.6. The van der Waals surface area contributed by atoms with E-state index in [0.717, 1.165) is 0 Å². The molecule has 0 unspecified atom stereocenters. The number of carbonyl (C=O) groups is 1. The van der Waals surface area contributed by atoms with E-state index in [1.807, 2.05) is 0 Å². The molecular formula is C3H7N3O2. The Morgan fingerprint density at radius 2 is 2.62 bits per heavy atom. The van der Waals surface area contributed by atoms with Crippen molar-refractivity contribution in [1.82, 2.24) is 5.32 Å². The summed E-state index contributed by atoms with van der Waals surface area (Å²) in [7, 11) is 0. The van der Waals surface area contributed by atoms with E-state index in [4.69, 9.17) is 10.9 Å². The number of oxime groups is 1. The van der Waals surface area contributed by atoms with Crippen LogP contribution in [0, 0.1) is 0 Å². The highest BCUT2D eigenvalue weighted by Crippen LogP contribution is 1.60. The van der Waals surface area contributed by atoms with Crippen LogP contribution in [0.2, 0.25) is 0 Å². The third-order valence-corrected chi connectivity index (χ3v) is 0.540. The molecule has 0 aliphatic rings. The zero-order valence-electron chi connectivity index (χ0n) is 4.16. The molecule has 1 amide bonds. The molecule has 0 aromatic heterocycles. The fourth-order valence-corrected chi connectivity index (χ4v) is 0.197. The summed E-state index contributed by atoms with van der Waals surface area (Å²) in [6, 6.07) is 0. The minimum Gasteiger partial charge on any atom is -0.409 e. The van der Waals surface area contributed by atoms with Crippen LogP contribution in [0.25, 0.3) is 0 Å². The Morgan fingerprint density at radius 1 is 2.00 bits per heavy atom. The summed E-state index contributed by atoms with van der Waals surface area (Å²) in [5.74, 6) is 0.0556. The van der Waals surface area contributed by atoms with Gasteiger partial charge in [0.25, 0.3) is 0 Å². The van der Waals surface area contributed by atoms with Crippen molar-refractivity contribution in [1.29, 1.82) is 0 Å². The van der Waals surface area contributed by atoms with Crippen LogP contribution in [0.3, 0.4) is 0 Å². The zero-order valence-corrected chi connectivity index (χ0v) is 4.16. The number of hydrogen-bond donors (Lipinski definition) is 3. The van der Waals surface area contributed by atoms with E-state index < -0.39 is 0 Å². The van der Waals surface area contributed by atoms with Crippen molar-refractivity contribution >= 4 is 12.2 Å². The summed E-state index contributed by atoms with van der Waals surface area (Å²) in [6.07, 6.45) is 0.391. The van der Waals surface area contributed by atoms with Gasteiger partial charge in [-0.2, -0.15) is 0 Å². The van der Waals surface area contributed by atoms with Gasteiger partial charge < -0.3 is 16.3 Å². The number of nitrogens with two attached hydrogens (primary N) is 1. The third-order valence-electron chi connectivity index (χ3n) is 0.540. The molecule has 0 aromatic rings. The molecule has 5 nitrogen and oxygen atoms in total. The molecular weight excluding hydrogens is 110 g/mol. The van der Waals surface area contributed by atoms with E-state index in [9.17, 15) is 4.79 Å². The summed E-state index contributed by atoms with van der Waals surface area (Å²) in [4.78, 5) is 9.57. The first kappa shape index (κ1) is 6.90. The highest BCUT2D eigenvalue weighted by molar-refractivity contribution is 5.91. The number of nitrogens with zero attached hydrogens (tertiary/aromatic N) is 1. The monoisotopic (exact) mass is 117 g/mol. The van der Waals surface area contributed by atoms with Gasteiger partial charge in [-0.15, -0.1) is 0 Å². The summed E-state index contributed by atoms with van der Waals surface area (Å²) in [5.41, 5.74) is 4.96. The highest BCUT2D eigenvalue weighted by atomic mass is 16.4. The number of nitrogens with one attached hydrogen (secondary N) is 1. The number of amidine groups is 1. The van der Waals surface area contributed by atoms with Gasteiger partial charge in [0.1, 0.15) is 0 Å². The molecule has 46 valence electrons. The van der Waals surface area contributed by atoms with Gasteiger partial charge in [0.2, 0.25) is 6.41 Å². The quantitative estimate of drug-likeness (QED) is 0.135. The highest BCUT2D eigenvalue weighted by Gasteiger charge is 1.89. The van der Waals surface area contributed by atoms with E-state index in [-0.39, 0.29) is 12.4 Å². The number of rotatable bonds is 2. The van der Waals surface area contributed by atoms with E-state index in [0.29, 0.717) is 6.41 Å². The van der Waals surface area contributed by atoms with Crippen molar-refractivity contribution < 1.29 is 10.0 Å². The molecule has 5 heteroatoms. The predicted octanol–water partition coefficient (Wildman–Crippen LogP) is -1.52. The molecule has 0 saturated carbocycles. The number of hydrogen-bond acceptors (Lipinski definition) is 4. The Kier molecular flexibility index (Phi) is 3.51. The predicted molar refractivity (Wildman–Crippen MR) is 27.5 cm³/mol. The van der Waals surface area contributed by atoms with E-state index in [1.54, 1.807) is 0 Å². The molecule has 0 rings (SSSR count). The second kappa shape index (κ2) is 4.07. The Balaban J connectivity index is 3.53. The molecule has 0 bridgehead atoms. The van der Waals surface area contributed by atoms with Crippen molar-refractivity contribution in [3.63, 3.8) is 0 Å². The molecule has 8 heavy (non-hydrogen) atoms. The first-order valence-corrected chi connectivity index (χ1v) is 1.96. The van der Waals surface area contributed by atoms with Crippen LogP contribution < -0.4 is 11.1 Å². The Bertz CT molecular complexity index is 101. The van der Waals surface area contributed by atoms with Gasteiger partial charge in [0.05, 0.1) is 6.54 Å². The van der Waals surface area contributed by atoms with Crippen LogP contribution in [0.1, 0.15) is 0 Å². The molecule has 4 N–H and O–H groups in total. The molecule has 0 heterocycles. The van der Waals surface area contributed by atoms with Gasteiger partial charge in [-0.05, 0) is 0 Å². The maximum absolute atomic E-state index is 9.57. The van der Waals surface area contributed by atoms with Crippen LogP contribution in [-0.2, 0) is 4.79 Å². The first-order valence-electron chi connectivity index (χ1n) is 1.96. The Labute approximate surface area is 46.2 Å². The maximum Gasteiger partial charge on any atom is 0.212 e. The van der Waals surface area contributed by atoms with Gasteiger partial charge in [0.15, 0.2) is 5.84 Å². The largest absolute Gasteiger partial charge is 0.409 e.